The van der Waals surface area contributed by atoms with Crippen molar-refractivity contribution in [3.8, 4) is 0 Å². The number of fused-ring (bicyclic) bond motifs is 5. The van der Waals surface area contributed by atoms with E-state index in [1.165, 1.54) is 6.92 Å². The van der Waals surface area contributed by atoms with Gasteiger partial charge in [0.1, 0.15) is 29.5 Å². The highest BCUT2D eigenvalue weighted by molar-refractivity contribution is 5.79. The maximum absolute atomic E-state index is 13.9. The van der Waals surface area contributed by atoms with Crippen LogP contribution in [-0.4, -0.2) is 143 Å². The fraction of sp³-hybridized carbons (Fsp3) is 0.902. The van der Waals surface area contributed by atoms with E-state index in [0.717, 1.165) is 20.3 Å². The van der Waals surface area contributed by atoms with Gasteiger partial charge in [-0.05, 0) is 84.0 Å². The Morgan fingerprint density at radius 2 is 1.61 bits per heavy atom. The highest BCUT2D eigenvalue weighted by atomic mass is 16.7. The first-order valence-corrected chi connectivity index (χ1v) is 20.8. The lowest BCUT2D eigenvalue weighted by Gasteiger charge is -2.64. The van der Waals surface area contributed by atoms with E-state index in [2.05, 4.69) is 11.8 Å². The number of carbonyl (C=O) groups is 4. The van der Waals surface area contributed by atoms with E-state index in [0.29, 0.717) is 31.8 Å². The van der Waals surface area contributed by atoms with Gasteiger partial charge in [-0.15, -0.1) is 0 Å². The molecule has 7 fully saturated rings. The number of hydrogen-bond donors (Lipinski definition) is 6. The van der Waals surface area contributed by atoms with Crippen LogP contribution in [0.3, 0.4) is 0 Å². The highest BCUT2D eigenvalue weighted by Gasteiger charge is 2.89. The first-order valence-electron chi connectivity index (χ1n) is 20.8. The third kappa shape index (κ3) is 5.77. The van der Waals surface area contributed by atoms with E-state index in [9.17, 15) is 49.8 Å². The SMILES string of the molecule is CCC(C)C(=O)O[C@H]1[C@H](O)C2C(CN3C[C@@H](C)CC[C@H]3C2(C)O)C2C[C@@]34O[C@@]5(C)C(C(OC(=O)O)C(OC(C)=O)C3[C@@]21O)[C@]4(C)CC[C@@H]5OC(=O)C(C)(O)C(C)O. The predicted molar refractivity (Wildman–Crippen MR) is 197 cm³/mol. The second kappa shape index (κ2) is 13.7. The standard InChI is InChI=1S/C41H63NO15/c1-10-19(3)33(46)56-32-27(45)26-22(17-42-16-18(2)11-12-24(42)38(26,8)51)23-15-40-31(41(23,32)52)29(53-21(5)44)28(55-35(48)49)30-36(40,6)14-13-25(39(30,9)57-40)54-34(47)37(7,50)20(4)43/h18-20,22-32,43,45,50-52H,10-17H2,1-9H3,(H,48,49)/t18-,19?,20?,22?,23?,24-,25-,26?,27+,28?,29?,30?,31?,32-,36-,37?,38?,39+,40+,41-/m0/s1. The van der Waals surface area contributed by atoms with Gasteiger partial charge in [0.2, 0.25) is 0 Å². The summed E-state index contributed by atoms with van der Waals surface area (Å²) in [5, 5.41) is 70.6. The first kappa shape index (κ1) is 42.5. The minimum absolute atomic E-state index is 0.0653. The Morgan fingerprint density at radius 3 is 2.21 bits per heavy atom. The van der Waals surface area contributed by atoms with Crippen molar-refractivity contribution in [3.05, 3.63) is 0 Å². The first-order chi connectivity index (χ1) is 26.3. The smallest absolute Gasteiger partial charge is 0.458 e. The molecule has 7 rings (SSSR count). The Bertz CT molecular complexity index is 1650. The highest BCUT2D eigenvalue weighted by Crippen LogP contribution is 2.78. The molecule has 16 nitrogen and oxygen atoms in total. The zero-order valence-corrected chi connectivity index (χ0v) is 34.5. The number of carbonyl (C=O) groups excluding carboxylic acids is 3. The average Bonchev–Trinajstić information content (AvgIpc) is 3.40. The Morgan fingerprint density at radius 1 is 0.965 bits per heavy atom. The topological polar surface area (TPSA) is 239 Å². The molecule has 16 heteroatoms. The fourth-order valence-electron chi connectivity index (χ4n) is 13.5. The van der Waals surface area contributed by atoms with Crippen molar-refractivity contribution < 1.29 is 73.5 Å². The second-order valence-corrected chi connectivity index (χ2v) is 19.6. The Kier molecular flexibility index (Phi) is 10.2. The van der Waals surface area contributed by atoms with Crippen LogP contribution in [0.1, 0.15) is 101 Å². The molecule has 3 aliphatic heterocycles. The largest absolute Gasteiger partial charge is 0.506 e. The van der Waals surface area contributed by atoms with E-state index < -0.39 is 130 Å². The van der Waals surface area contributed by atoms with Gasteiger partial charge in [0.15, 0.2) is 11.7 Å². The summed E-state index contributed by atoms with van der Waals surface area (Å²) in [6.45, 7) is 15.4. The predicted octanol–water partition coefficient (Wildman–Crippen LogP) is 1.78. The van der Waals surface area contributed by atoms with Crippen molar-refractivity contribution in [2.24, 2.45) is 46.8 Å². The number of hydrogen-bond acceptors (Lipinski definition) is 15. The number of aliphatic hydroxyl groups is 5. The summed E-state index contributed by atoms with van der Waals surface area (Å²) in [6.07, 6.45) is -8.28. The number of nitrogens with zero attached hydrogens (tertiary/aromatic N) is 1. The van der Waals surface area contributed by atoms with Crippen molar-refractivity contribution in [2.45, 2.75) is 172 Å². The lowest BCUT2D eigenvalue weighted by atomic mass is 9.47. The Balaban J connectivity index is 1.45. The summed E-state index contributed by atoms with van der Waals surface area (Å²) < 4.78 is 31.4. The molecule has 0 amide bonds. The molecule has 4 aliphatic carbocycles. The van der Waals surface area contributed by atoms with Gasteiger partial charge in [0.25, 0.3) is 0 Å². The molecule has 0 aromatic carbocycles. The van der Waals surface area contributed by atoms with Crippen molar-refractivity contribution in [1.82, 2.24) is 4.90 Å². The molecule has 3 saturated heterocycles. The van der Waals surface area contributed by atoms with E-state index in [-0.39, 0.29) is 25.3 Å². The number of rotatable bonds is 8. The van der Waals surface area contributed by atoms with Crippen LogP contribution in [0.4, 0.5) is 4.79 Å². The molecule has 322 valence electrons. The van der Waals surface area contributed by atoms with Crippen molar-refractivity contribution in [2.75, 3.05) is 13.1 Å². The number of aliphatic hydroxyl groups excluding tert-OH is 2. The molecule has 4 bridgehead atoms. The van der Waals surface area contributed by atoms with Gasteiger partial charge in [-0.25, -0.2) is 9.59 Å². The van der Waals surface area contributed by atoms with Crippen LogP contribution in [0.2, 0.25) is 0 Å². The van der Waals surface area contributed by atoms with Crippen LogP contribution in [0.15, 0.2) is 0 Å². The Hall–Kier alpha value is -2.60. The van der Waals surface area contributed by atoms with Gasteiger partial charge >= 0.3 is 24.1 Å². The summed E-state index contributed by atoms with van der Waals surface area (Å²) in [6, 6.07) is -0.317. The maximum atomic E-state index is 13.9. The van der Waals surface area contributed by atoms with Crippen molar-refractivity contribution in [1.29, 1.82) is 0 Å². The number of esters is 3. The summed E-state index contributed by atoms with van der Waals surface area (Å²) in [5.41, 5.74) is -10.2. The molecule has 1 spiro atoms. The molecule has 0 radical (unpaired) electrons. The van der Waals surface area contributed by atoms with Crippen LogP contribution in [0.5, 0.6) is 0 Å². The van der Waals surface area contributed by atoms with Gasteiger partial charge in [-0.3, -0.25) is 14.5 Å². The van der Waals surface area contributed by atoms with Crippen LogP contribution in [0.25, 0.3) is 0 Å². The molecule has 0 aromatic rings. The number of carboxylic acid groups (broad SMARTS) is 1. The normalized spacial score (nSPS) is 50.4. The summed E-state index contributed by atoms with van der Waals surface area (Å²) >= 11 is 0. The van der Waals surface area contributed by atoms with Crippen molar-refractivity contribution >= 4 is 24.1 Å². The molecule has 6 N–H and O–H groups in total. The van der Waals surface area contributed by atoms with E-state index >= 15 is 0 Å². The molecule has 0 aromatic heterocycles. The molecule has 57 heavy (non-hydrogen) atoms. The molecule has 11 unspecified atom stereocenters. The van der Waals surface area contributed by atoms with Crippen LogP contribution >= 0.6 is 0 Å². The third-order valence-electron chi connectivity index (χ3n) is 16.4. The number of ether oxygens (including phenoxy) is 5. The minimum atomic E-state index is -2.31. The van der Waals surface area contributed by atoms with Gasteiger partial charge in [0, 0.05) is 43.3 Å². The van der Waals surface area contributed by atoms with Gasteiger partial charge in [-0.1, -0.05) is 27.7 Å². The number of piperidine rings is 2. The van der Waals surface area contributed by atoms with Gasteiger partial charge in [0.05, 0.1) is 35.2 Å². The summed E-state index contributed by atoms with van der Waals surface area (Å²) in [5.74, 6) is -7.62. The third-order valence-corrected chi connectivity index (χ3v) is 16.4. The average molecular weight is 810 g/mol. The zero-order valence-electron chi connectivity index (χ0n) is 34.5. The lowest BCUT2D eigenvalue weighted by Crippen LogP contribution is -2.78. The molecule has 4 saturated carbocycles. The van der Waals surface area contributed by atoms with Crippen LogP contribution < -0.4 is 0 Å². The molecule has 7 aliphatic rings. The van der Waals surface area contributed by atoms with E-state index in [1.54, 1.807) is 27.7 Å². The maximum Gasteiger partial charge on any atom is 0.506 e. The fourth-order valence-corrected chi connectivity index (χ4v) is 13.5. The minimum Gasteiger partial charge on any atom is -0.458 e. The zero-order chi connectivity index (χ0) is 42.2. The van der Waals surface area contributed by atoms with Gasteiger partial charge in [-0.2, -0.15) is 0 Å². The molecular formula is C41H63NO15. The van der Waals surface area contributed by atoms with E-state index in [1.807, 2.05) is 6.92 Å². The molecule has 3 heterocycles. The summed E-state index contributed by atoms with van der Waals surface area (Å²) in [7, 11) is 0. The van der Waals surface area contributed by atoms with Crippen LogP contribution in [0, 0.1) is 46.8 Å². The van der Waals surface area contributed by atoms with E-state index in [4.69, 9.17) is 23.7 Å². The van der Waals surface area contributed by atoms with Gasteiger partial charge < -0.3 is 54.3 Å². The Labute approximate surface area is 333 Å². The lowest BCUT2D eigenvalue weighted by molar-refractivity contribution is -0.300. The molecular weight excluding hydrogens is 746 g/mol. The second-order valence-electron chi connectivity index (χ2n) is 19.6. The monoisotopic (exact) mass is 809 g/mol. The van der Waals surface area contributed by atoms with Crippen molar-refractivity contribution in [3.63, 3.8) is 0 Å². The molecule has 20 atom stereocenters. The summed E-state index contributed by atoms with van der Waals surface area (Å²) in [4.78, 5) is 55.4. The van der Waals surface area contributed by atoms with Crippen LogP contribution in [-0.2, 0) is 38.1 Å². The quantitative estimate of drug-likeness (QED) is 0.151.